The van der Waals surface area contributed by atoms with E-state index in [1.807, 2.05) is 37.3 Å². The molecule has 1 amide bonds. The molecule has 146 valence electrons. The van der Waals surface area contributed by atoms with Crippen molar-refractivity contribution >= 4 is 39.2 Å². The van der Waals surface area contributed by atoms with Crippen LogP contribution in [0.2, 0.25) is 0 Å². The van der Waals surface area contributed by atoms with Crippen molar-refractivity contribution in [2.75, 3.05) is 5.75 Å². The van der Waals surface area contributed by atoms with Crippen molar-refractivity contribution in [1.82, 2.24) is 20.5 Å². The first-order valence-corrected chi connectivity index (χ1v) is 10.7. The van der Waals surface area contributed by atoms with E-state index in [0.29, 0.717) is 17.3 Å². The van der Waals surface area contributed by atoms with Crippen LogP contribution in [0.4, 0.5) is 4.39 Å². The van der Waals surface area contributed by atoms with Crippen LogP contribution in [0.15, 0.2) is 59.6 Å². The van der Waals surface area contributed by atoms with Crippen molar-refractivity contribution in [1.29, 1.82) is 0 Å². The number of aromatic nitrogens is 3. The molecule has 0 saturated carbocycles. The number of nitrogens with zero attached hydrogens (tertiary/aromatic N) is 3. The number of hydrogen-bond donors (Lipinski definition) is 1. The van der Waals surface area contributed by atoms with Gasteiger partial charge in [-0.25, -0.2) is 9.37 Å². The number of carbonyl (C=O) groups is 1. The number of thiazole rings is 1. The lowest BCUT2D eigenvalue weighted by atomic mass is 10.1. The minimum absolute atomic E-state index is 0.0802. The fourth-order valence-electron chi connectivity index (χ4n) is 2.80. The maximum Gasteiger partial charge on any atom is 0.230 e. The molecule has 0 fully saturated rings. The van der Waals surface area contributed by atoms with Crippen molar-refractivity contribution < 1.29 is 9.18 Å². The van der Waals surface area contributed by atoms with Crippen molar-refractivity contribution in [3.05, 3.63) is 71.0 Å². The number of aryl methyl sites for hydroxylation is 1. The predicted molar refractivity (Wildman–Crippen MR) is 114 cm³/mol. The molecular weight excluding hydrogens is 407 g/mol. The molecule has 1 N–H and O–H groups in total. The van der Waals surface area contributed by atoms with E-state index < -0.39 is 0 Å². The van der Waals surface area contributed by atoms with E-state index >= 15 is 0 Å². The monoisotopic (exact) mass is 424 g/mol. The summed E-state index contributed by atoms with van der Waals surface area (Å²) in [5, 5.41) is 13.0. The van der Waals surface area contributed by atoms with Gasteiger partial charge in [-0.05, 0) is 36.8 Å². The first-order valence-electron chi connectivity index (χ1n) is 8.93. The zero-order valence-corrected chi connectivity index (χ0v) is 17.2. The van der Waals surface area contributed by atoms with Crippen molar-refractivity contribution in [3.8, 4) is 11.3 Å². The van der Waals surface area contributed by atoms with Gasteiger partial charge in [-0.3, -0.25) is 4.79 Å². The summed E-state index contributed by atoms with van der Waals surface area (Å²) in [6.45, 7) is 2.40. The van der Waals surface area contributed by atoms with E-state index in [4.69, 9.17) is 0 Å². The van der Waals surface area contributed by atoms with Crippen LogP contribution in [0, 0.1) is 12.7 Å². The molecule has 8 heteroatoms. The Bertz CT molecular complexity index is 1150. The third-order valence-corrected chi connectivity index (χ3v) is 6.12. The van der Waals surface area contributed by atoms with Crippen molar-refractivity contribution in [3.63, 3.8) is 0 Å². The third-order valence-electron chi connectivity index (χ3n) is 4.18. The minimum Gasteiger partial charge on any atom is -0.351 e. The summed E-state index contributed by atoms with van der Waals surface area (Å²) in [6.07, 6.45) is 0. The van der Waals surface area contributed by atoms with E-state index in [1.165, 1.54) is 35.2 Å². The van der Waals surface area contributed by atoms with Gasteiger partial charge in [0, 0.05) is 12.1 Å². The first-order chi connectivity index (χ1) is 14.1. The van der Waals surface area contributed by atoms with Gasteiger partial charge >= 0.3 is 0 Å². The summed E-state index contributed by atoms with van der Waals surface area (Å²) < 4.78 is 14.1. The van der Waals surface area contributed by atoms with Crippen LogP contribution in [0.1, 0.15) is 10.6 Å². The molecule has 2 aromatic heterocycles. The van der Waals surface area contributed by atoms with E-state index in [2.05, 4.69) is 20.5 Å². The van der Waals surface area contributed by atoms with E-state index in [9.17, 15) is 9.18 Å². The summed E-state index contributed by atoms with van der Waals surface area (Å²) in [4.78, 5) is 16.8. The normalized spacial score (nSPS) is 11.0. The van der Waals surface area contributed by atoms with Gasteiger partial charge < -0.3 is 5.32 Å². The number of thioether (sulfide) groups is 1. The molecule has 4 aromatic rings. The van der Waals surface area contributed by atoms with Gasteiger partial charge in [0.05, 0.1) is 15.5 Å². The van der Waals surface area contributed by atoms with E-state index in [-0.39, 0.29) is 17.5 Å². The Morgan fingerprint density at radius 3 is 2.62 bits per heavy atom. The molecule has 5 nitrogen and oxygen atoms in total. The van der Waals surface area contributed by atoms with Gasteiger partial charge in [0.15, 0.2) is 0 Å². The Morgan fingerprint density at radius 1 is 1.10 bits per heavy atom. The highest BCUT2D eigenvalue weighted by Crippen LogP contribution is 2.35. The van der Waals surface area contributed by atoms with Gasteiger partial charge in [0.25, 0.3) is 0 Å². The Labute approximate surface area is 175 Å². The van der Waals surface area contributed by atoms with Gasteiger partial charge in [0.1, 0.15) is 22.1 Å². The predicted octanol–water partition coefficient (Wildman–Crippen LogP) is 4.61. The number of nitrogens with one attached hydrogen (secondary N) is 1. The lowest BCUT2D eigenvalue weighted by Gasteiger charge is -2.06. The topological polar surface area (TPSA) is 67.8 Å². The Morgan fingerprint density at radius 2 is 1.86 bits per heavy atom. The van der Waals surface area contributed by atoms with Crippen LogP contribution < -0.4 is 5.32 Å². The number of amides is 1. The smallest absolute Gasteiger partial charge is 0.230 e. The van der Waals surface area contributed by atoms with Crippen LogP contribution in [0.3, 0.4) is 0 Å². The Kier molecular flexibility index (Phi) is 5.82. The standard InChI is InChI=1S/C21H17FN4OS2/c1-13-24-19-20(29-13)18(15-7-9-16(22)10-8-15)25-26-21(19)28-12-17(27)23-11-14-5-3-2-4-6-14/h2-10H,11-12H2,1H3,(H,23,27). The van der Waals surface area contributed by atoms with Crippen LogP contribution in [0.25, 0.3) is 21.5 Å². The average Bonchev–Trinajstić information content (AvgIpc) is 3.13. The van der Waals surface area contributed by atoms with Gasteiger partial charge in [-0.2, -0.15) is 0 Å². The second kappa shape index (κ2) is 8.67. The second-order valence-electron chi connectivity index (χ2n) is 6.32. The molecule has 0 unspecified atom stereocenters. The molecule has 0 aliphatic heterocycles. The molecular formula is C21H17FN4OS2. The number of halogens is 1. The van der Waals surface area contributed by atoms with Crippen LogP contribution in [-0.2, 0) is 11.3 Å². The fourth-order valence-corrected chi connectivity index (χ4v) is 4.54. The number of fused-ring (bicyclic) bond motifs is 1. The lowest BCUT2D eigenvalue weighted by Crippen LogP contribution is -2.24. The minimum atomic E-state index is -0.299. The molecule has 0 aliphatic rings. The summed E-state index contributed by atoms with van der Waals surface area (Å²) in [7, 11) is 0. The zero-order chi connectivity index (χ0) is 20.2. The van der Waals surface area contributed by atoms with Crippen molar-refractivity contribution in [2.45, 2.75) is 18.5 Å². The van der Waals surface area contributed by atoms with Gasteiger partial charge in [-0.15, -0.1) is 21.5 Å². The average molecular weight is 425 g/mol. The first kappa shape index (κ1) is 19.5. The number of rotatable bonds is 6. The zero-order valence-electron chi connectivity index (χ0n) is 15.6. The summed E-state index contributed by atoms with van der Waals surface area (Å²) in [5.74, 6) is -0.154. The Balaban J connectivity index is 1.50. The largest absolute Gasteiger partial charge is 0.351 e. The van der Waals surface area contributed by atoms with Crippen molar-refractivity contribution in [2.24, 2.45) is 0 Å². The maximum absolute atomic E-state index is 13.2. The molecule has 0 radical (unpaired) electrons. The van der Waals surface area contributed by atoms with Crippen LogP contribution >= 0.6 is 23.1 Å². The molecule has 0 aliphatic carbocycles. The number of hydrogen-bond acceptors (Lipinski definition) is 6. The lowest BCUT2D eigenvalue weighted by molar-refractivity contribution is -0.118. The van der Waals surface area contributed by atoms with E-state index in [1.54, 1.807) is 12.1 Å². The molecule has 29 heavy (non-hydrogen) atoms. The fraction of sp³-hybridized carbons (Fsp3) is 0.143. The molecule has 2 heterocycles. The quantitative estimate of drug-likeness (QED) is 0.458. The summed E-state index contributed by atoms with van der Waals surface area (Å²) in [6, 6.07) is 15.9. The molecule has 0 saturated heterocycles. The molecule has 0 bridgehead atoms. The molecule has 4 rings (SSSR count). The number of carbonyl (C=O) groups excluding carboxylic acids is 1. The molecule has 0 atom stereocenters. The van der Waals surface area contributed by atoms with Gasteiger partial charge in [-0.1, -0.05) is 42.1 Å². The summed E-state index contributed by atoms with van der Waals surface area (Å²) >= 11 is 2.82. The second-order valence-corrected chi connectivity index (χ2v) is 8.49. The van der Waals surface area contributed by atoms with Gasteiger partial charge in [0.2, 0.25) is 5.91 Å². The highest BCUT2D eigenvalue weighted by atomic mass is 32.2. The molecule has 0 spiro atoms. The summed E-state index contributed by atoms with van der Waals surface area (Å²) in [5.41, 5.74) is 3.22. The van der Waals surface area contributed by atoms with E-state index in [0.717, 1.165) is 26.4 Å². The maximum atomic E-state index is 13.2. The van der Waals surface area contributed by atoms with Crippen LogP contribution in [-0.4, -0.2) is 26.8 Å². The highest BCUT2D eigenvalue weighted by molar-refractivity contribution is 8.00. The molecule has 2 aromatic carbocycles. The Hall–Kier alpha value is -2.84. The van der Waals surface area contributed by atoms with Crippen LogP contribution in [0.5, 0.6) is 0 Å². The SMILES string of the molecule is Cc1nc2c(SCC(=O)NCc3ccccc3)nnc(-c3ccc(F)cc3)c2s1. The third kappa shape index (κ3) is 4.60. The highest BCUT2D eigenvalue weighted by Gasteiger charge is 2.17. The number of benzene rings is 2.